The number of hydrogen-bond acceptors (Lipinski definition) is 4. The molecule has 17 heavy (non-hydrogen) atoms. The highest BCUT2D eigenvalue weighted by molar-refractivity contribution is 5.95. The van der Waals surface area contributed by atoms with Gasteiger partial charge < -0.3 is 9.47 Å². The Morgan fingerprint density at radius 3 is 1.76 bits per heavy atom. The van der Waals surface area contributed by atoms with Crippen LogP contribution in [0.25, 0.3) is 0 Å². The van der Waals surface area contributed by atoms with E-state index in [2.05, 4.69) is 13.2 Å². The quantitative estimate of drug-likeness (QED) is 0.389. The first kappa shape index (κ1) is 15.4. The number of esters is 2. The summed E-state index contributed by atoms with van der Waals surface area (Å²) >= 11 is 0. The Kier molecular flexibility index (Phi) is 6.94. The van der Waals surface area contributed by atoms with Crippen LogP contribution >= 0.6 is 0 Å². The van der Waals surface area contributed by atoms with E-state index in [9.17, 15) is 9.59 Å². The fourth-order valence-electron chi connectivity index (χ4n) is 1.17. The minimum atomic E-state index is -0.945. The summed E-state index contributed by atoms with van der Waals surface area (Å²) in [5.74, 6) is -2.10. The van der Waals surface area contributed by atoms with E-state index in [-0.39, 0.29) is 19.6 Å². The first-order valence-electron chi connectivity index (χ1n) is 5.60. The number of allylic oxidation sites excluding steroid dienone is 2. The Hall–Kier alpha value is -1.58. The third kappa shape index (κ3) is 5.33. The van der Waals surface area contributed by atoms with E-state index in [1.165, 1.54) is 0 Å². The highest BCUT2D eigenvalue weighted by Gasteiger charge is 2.30. The van der Waals surface area contributed by atoms with Gasteiger partial charge in [-0.15, -0.1) is 0 Å². The molecule has 0 aromatic carbocycles. The monoisotopic (exact) mass is 240 g/mol. The second-order valence-electron chi connectivity index (χ2n) is 3.64. The molecule has 0 fully saturated rings. The second-order valence-corrected chi connectivity index (χ2v) is 3.64. The Morgan fingerprint density at radius 2 is 1.47 bits per heavy atom. The normalized spacial score (nSPS) is 9.88. The minimum Gasteiger partial charge on any atom is -0.465 e. The average molecular weight is 240 g/mol. The standard InChI is InChI=1S/C13H20O4/c1-6-16-12(14)11(13(15)17-7-2)8-10(5)9(3)4/h11H,3,5-8H2,1-2,4H3. The third-order valence-corrected chi connectivity index (χ3v) is 2.20. The summed E-state index contributed by atoms with van der Waals surface area (Å²) in [5, 5.41) is 0. The highest BCUT2D eigenvalue weighted by Crippen LogP contribution is 2.19. The molecule has 0 rings (SSSR count). The van der Waals surface area contributed by atoms with Gasteiger partial charge in [0.05, 0.1) is 13.2 Å². The van der Waals surface area contributed by atoms with E-state index in [0.717, 1.165) is 5.57 Å². The van der Waals surface area contributed by atoms with E-state index >= 15 is 0 Å². The number of carbonyl (C=O) groups excluding carboxylic acids is 2. The van der Waals surface area contributed by atoms with Crippen molar-refractivity contribution in [3.63, 3.8) is 0 Å². The Bertz CT molecular complexity index is 299. The van der Waals surface area contributed by atoms with Crippen molar-refractivity contribution in [3.8, 4) is 0 Å². The molecule has 0 spiro atoms. The maximum absolute atomic E-state index is 11.6. The van der Waals surface area contributed by atoms with E-state index in [0.29, 0.717) is 5.57 Å². The smallest absolute Gasteiger partial charge is 0.320 e. The molecule has 0 aromatic heterocycles. The lowest BCUT2D eigenvalue weighted by atomic mass is 9.97. The number of carbonyl (C=O) groups is 2. The van der Waals surface area contributed by atoms with Gasteiger partial charge in [-0.2, -0.15) is 0 Å². The fourth-order valence-corrected chi connectivity index (χ4v) is 1.17. The lowest BCUT2D eigenvalue weighted by Gasteiger charge is -2.15. The predicted molar refractivity (Wildman–Crippen MR) is 65.3 cm³/mol. The molecule has 0 aliphatic heterocycles. The summed E-state index contributed by atoms with van der Waals surface area (Å²) < 4.78 is 9.68. The Labute approximate surface area is 102 Å². The van der Waals surface area contributed by atoms with E-state index in [1.54, 1.807) is 20.8 Å². The first-order chi connectivity index (χ1) is 7.93. The zero-order valence-electron chi connectivity index (χ0n) is 10.7. The van der Waals surface area contributed by atoms with Crippen LogP contribution in [0.2, 0.25) is 0 Å². The van der Waals surface area contributed by atoms with Crippen LogP contribution in [0.5, 0.6) is 0 Å². The zero-order valence-corrected chi connectivity index (χ0v) is 10.7. The van der Waals surface area contributed by atoms with E-state index in [1.807, 2.05) is 0 Å². The number of rotatable bonds is 7. The van der Waals surface area contributed by atoms with Gasteiger partial charge in [0.25, 0.3) is 0 Å². The van der Waals surface area contributed by atoms with Crippen molar-refractivity contribution in [2.45, 2.75) is 27.2 Å². The fraction of sp³-hybridized carbons (Fsp3) is 0.538. The molecule has 0 aromatic rings. The zero-order chi connectivity index (χ0) is 13.4. The minimum absolute atomic E-state index is 0.188. The van der Waals surface area contributed by atoms with Gasteiger partial charge in [0.2, 0.25) is 0 Å². The van der Waals surface area contributed by atoms with Crippen molar-refractivity contribution >= 4 is 11.9 Å². The summed E-state index contributed by atoms with van der Waals surface area (Å²) in [6.07, 6.45) is 0.188. The third-order valence-electron chi connectivity index (χ3n) is 2.20. The molecule has 0 heterocycles. The highest BCUT2D eigenvalue weighted by atomic mass is 16.6. The van der Waals surface area contributed by atoms with Crippen LogP contribution in [0.4, 0.5) is 0 Å². The first-order valence-corrected chi connectivity index (χ1v) is 5.60. The van der Waals surface area contributed by atoms with Gasteiger partial charge in [0.15, 0.2) is 5.92 Å². The van der Waals surface area contributed by atoms with Crippen LogP contribution in [0, 0.1) is 5.92 Å². The number of hydrogen-bond donors (Lipinski definition) is 0. The molecule has 96 valence electrons. The molecule has 4 nitrogen and oxygen atoms in total. The van der Waals surface area contributed by atoms with Crippen molar-refractivity contribution in [1.29, 1.82) is 0 Å². The molecule has 0 bridgehead atoms. The number of ether oxygens (including phenoxy) is 2. The van der Waals surface area contributed by atoms with Crippen LogP contribution in [0.3, 0.4) is 0 Å². The predicted octanol–water partition coefficient (Wildman–Crippen LogP) is 2.25. The lowest BCUT2D eigenvalue weighted by Crippen LogP contribution is -2.28. The molecule has 0 radical (unpaired) electrons. The van der Waals surface area contributed by atoms with Crippen molar-refractivity contribution in [2.24, 2.45) is 5.92 Å². The molecular formula is C13H20O4. The molecule has 0 aliphatic carbocycles. The second kappa shape index (κ2) is 7.65. The largest absolute Gasteiger partial charge is 0.465 e. The van der Waals surface area contributed by atoms with Gasteiger partial charge in [-0.05, 0) is 27.2 Å². The molecule has 4 heteroatoms. The molecule has 0 amide bonds. The topological polar surface area (TPSA) is 52.6 Å². The molecule has 0 aliphatic rings. The van der Waals surface area contributed by atoms with Crippen LogP contribution in [-0.4, -0.2) is 25.2 Å². The Morgan fingerprint density at radius 1 is 1.06 bits per heavy atom. The van der Waals surface area contributed by atoms with Gasteiger partial charge in [0, 0.05) is 0 Å². The van der Waals surface area contributed by atoms with Crippen molar-refractivity contribution in [2.75, 3.05) is 13.2 Å². The van der Waals surface area contributed by atoms with E-state index < -0.39 is 17.9 Å². The maximum Gasteiger partial charge on any atom is 0.320 e. The van der Waals surface area contributed by atoms with Crippen molar-refractivity contribution in [1.82, 2.24) is 0 Å². The van der Waals surface area contributed by atoms with Gasteiger partial charge in [0.1, 0.15) is 0 Å². The van der Waals surface area contributed by atoms with Crippen LogP contribution in [0.1, 0.15) is 27.2 Å². The van der Waals surface area contributed by atoms with Gasteiger partial charge in [-0.3, -0.25) is 9.59 Å². The summed E-state index contributed by atoms with van der Waals surface area (Å²) in [6, 6.07) is 0. The summed E-state index contributed by atoms with van der Waals surface area (Å²) in [5.41, 5.74) is 1.39. The van der Waals surface area contributed by atoms with Crippen LogP contribution < -0.4 is 0 Å². The van der Waals surface area contributed by atoms with Crippen LogP contribution in [0.15, 0.2) is 24.3 Å². The lowest BCUT2D eigenvalue weighted by molar-refractivity contribution is -0.161. The van der Waals surface area contributed by atoms with Crippen LogP contribution in [-0.2, 0) is 19.1 Å². The molecular weight excluding hydrogens is 220 g/mol. The maximum atomic E-state index is 11.6. The van der Waals surface area contributed by atoms with Gasteiger partial charge in [-0.25, -0.2) is 0 Å². The molecule has 0 saturated heterocycles. The van der Waals surface area contributed by atoms with E-state index in [4.69, 9.17) is 9.47 Å². The summed E-state index contributed by atoms with van der Waals surface area (Å²) in [6.45, 7) is 13.1. The average Bonchev–Trinajstić information content (AvgIpc) is 2.25. The molecule has 0 saturated carbocycles. The van der Waals surface area contributed by atoms with Crippen molar-refractivity contribution in [3.05, 3.63) is 24.3 Å². The summed E-state index contributed by atoms with van der Waals surface area (Å²) in [7, 11) is 0. The molecule has 0 N–H and O–H groups in total. The Balaban J connectivity index is 4.72. The molecule has 0 atom stereocenters. The summed E-state index contributed by atoms with van der Waals surface area (Å²) in [4.78, 5) is 23.2. The van der Waals surface area contributed by atoms with Crippen molar-refractivity contribution < 1.29 is 19.1 Å². The van der Waals surface area contributed by atoms with Gasteiger partial charge in [-0.1, -0.05) is 24.3 Å². The molecule has 0 unspecified atom stereocenters. The SMILES string of the molecule is C=C(C)C(=C)CC(C(=O)OCC)C(=O)OCC. The van der Waals surface area contributed by atoms with Gasteiger partial charge >= 0.3 is 11.9 Å².